The lowest BCUT2D eigenvalue weighted by Crippen LogP contribution is -2.26. The zero-order valence-corrected chi connectivity index (χ0v) is 8.25. The molecule has 1 aliphatic carbocycles. The van der Waals surface area contributed by atoms with E-state index in [2.05, 4.69) is 39.0 Å². The normalized spacial score (nSPS) is 25.8. The number of rotatable bonds is 2. The van der Waals surface area contributed by atoms with Crippen molar-refractivity contribution >= 4 is 0 Å². The van der Waals surface area contributed by atoms with Gasteiger partial charge in [-0.05, 0) is 30.8 Å². The molecular weight excluding hydrogens is 146 g/mol. The van der Waals surface area contributed by atoms with Gasteiger partial charge in [0.1, 0.15) is 0 Å². The van der Waals surface area contributed by atoms with Crippen molar-refractivity contribution in [1.82, 2.24) is 0 Å². The molecule has 1 unspecified atom stereocenters. The molecule has 0 aliphatic heterocycles. The number of nitrogens with two attached hydrogens (primary N) is 1. The molecule has 2 N–H and O–H groups in total. The van der Waals surface area contributed by atoms with Gasteiger partial charge in [0, 0.05) is 6.04 Å². The summed E-state index contributed by atoms with van der Waals surface area (Å²) in [5.74, 6) is 1.18. The predicted octanol–water partition coefficient (Wildman–Crippen LogP) is 2.49. The van der Waals surface area contributed by atoms with Crippen LogP contribution in [0.3, 0.4) is 0 Å². The molecule has 1 nitrogen and oxygen atoms in total. The quantitative estimate of drug-likeness (QED) is 0.668. The Labute approximate surface area is 75.3 Å². The second-order valence-corrected chi connectivity index (χ2v) is 3.98. The van der Waals surface area contributed by atoms with Crippen molar-refractivity contribution in [1.29, 1.82) is 0 Å². The SMILES string of the molecule is CC(C)C1=C[C@@H](C(C)N)CC=C1. The van der Waals surface area contributed by atoms with Gasteiger partial charge in [0.25, 0.3) is 0 Å². The van der Waals surface area contributed by atoms with Crippen LogP contribution < -0.4 is 5.73 Å². The Morgan fingerprint density at radius 2 is 2.08 bits per heavy atom. The molecule has 0 heterocycles. The average molecular weight is 165 g/mol. The molecule has 0 aromatic heterocycles. The highest BCUT2D eigenvalue weighted by atomic mass is 14.6. The summed E-state index contributed by atoms with van der Waals surface area (Å²) in [6.07, 6.45) is 7.90. The molecule has 2 atom stereocenters. The van der Waals surface area contributed by atoms with Crippen LogP contribution in [0.25, 0.3) is 0 Å². The Morgan fingerprint density at radius 3 is 2.58 bits per heavy atom. The minimum absolute atomic E-state index is 0.281. The molecule has 0 spiro atoms. The maximum Gasteiger partial charge on any atom is 0.00765 e. The first-order valence-corrected chi connectivity index (χ1v) is 4.75. The van der Waals surface area contributed by atoms with Gasteiger partial charge in [0.05, 0.1) is 0 Å². The largest absolute Gasteiger partial charge is 0.327 e. The van der Waals surface area contributed by atoms with Crippen LogP contribution in [0.1, 0.15) is 27.2 Å². The Bertz CT molecular complexity index is 199. The summed E-state index contributed by atoms with van der Waals surface area (Å²) in [6.45, 7) is 6.53. The van der Waals surface area contributed by atoms with Gasteiger partial charge in [-0.3, -0.25) is 0 Å². The van der Waals surface area contributed by atoms with Crippen molar-refractivity contribution in [2.24, 2.45) is 17.6 Å². The molecule has 0 amide bonds. The highest BCUT2D eigenvalue weighted by Gasteiger charge is 2.14. The summed E-state index contributed by atoms with van der Waals surface area (Å²) in [6, 6.07) is 0.281. The first kappa shape index (κ1) is 9.53. The van der Waals surface area contributed by atoms with Crippen LogP contribution in [0.4, 0.5) is 0 Å². The van der Waals surface area contributed by atoms with Crippen molar-refractivity contribution in [3.63, 3.8) is 0 Å². The third-order valence-corrected chi connectivity index (χ3v) is 2.47. The maximum atomic E-state index is 5.85. The van der Waals surface area contributed by atoms with Crippen molar-refractivity contribution in [3.8, 4) is 0 Å². The third kappa shape index (κ3) is 2.21. The molecular formula is C11H19N. The predicted molar refractivity (Wildman–Crippen MR) is 53.8 cm³/mol. The van der Waals surface area contributed by atoms with E-state index in [1.807, 2.05) is 0 Å². The van der Waals surface area contributed by atoms with Crippen molar-refractivity contribution in [2.45, 2.75) is 33.2 Å². The summed E-state index contributed by atoms with van der Waals surface area (Å²) < 4.78 is 0. The lowest BCUT2D eigenvalue weighted by molar-refractivity contribution is 0.528. The van der Waals surface area contributed by atoms with Crippen molar-refractivity contribution in [2.75, 3.05) is 0 Å². The van der Waals surface area contributed by atoms with Crippen LogP contribution in [0, 0.1) is 11.8 Å². The van der Waals surface area contributed by atoms with E-state index in [0.29, 0.717) is 11.8 Å². The Balaban J connectivity index is 2.69. The number of allylic oxidation sites excluding steroid dienone is 3. The van der Waals surface area contributed by atoms with Gasteiger partial charge in [-0.1, -0.05) is 32.1 Å². The van der Waals surface area contributed by atoms with Gasteiger partial charge in [-0.25, -0.2) is 0 Å². The second-order valence-electron chi connectivity index (χ2n) is 3.98. The van der Waals surface area contributed by atoms with Crippen LogP contribution in [-0.2, 0) is 0 Å². The monoisotopic (exact) mass is 165 g/mol. The standard InChI is InChI=1S/C11H19N/c1-8(2)10-5-4-6-11(7-10)9(3)12/h4-5,7-9,11H,6,12H2,1-3H3/t9?,11-/m0/s1. The average Bonchev–Trinajstić information content (AvgIpc) is 2.04. The first-order chi connectivity index (χ1) is 5.61. The smallest absolute Gasteiger partial charge is 0.00765 e. The molecule has 1 rings (SSSR count). The van der Waals surface area contributed by atoms with Gasteiger partial charge in [0.15, 0.2) is 0 Å². The highest BCUT2D eigenvalue weighted by molar-refractivity contribution is 5.26. The van der Waals surface area contributed by atoms with Crippen molar-refractivity contribution < 1.29 is 0 Å². The van der Waals surface area contributed by atoms with E-state index in [4.69, 9.17) is 5.73 Å². The van der Waals surface area contributed by atoms with E-state index >= 15 is 0 Å². The van der Waals surface area contributed by atoms with E-state index in [1.165, 1.54) is 5.57 Å². The van der Waals surface area contributed by atoms with Gasteiger partial charge < -0.3 is 5.73 Å². The molecule has 0 aromatic rings. The van der Waals surface area contributed by atoms with Crippen LogP contribution in [-0.4, -0.2) is 6.04 Å². The maximum absolute atomic E-state index is 5.85. The van der Waals surface area contributed by atoms with Gasteiger partial charge in [-0.2, -0.15) is 0 Å². The fraction of sp³-hybridized carbons (Fsp3) is 0.636. The summed E-state index contributed by atoms with van der Waals surface area (Å²) in [5.41, 5.74) is 7.28. The van der Waals surface area contributed by atoms with E-state index in [9.17, 15) is 0 Å². The molecule has 0 saturated heterocycles. The van der Waals surface area contributed by atoms with E-state index in [1.54, 1.807) is 0 Å². The summed E-state index contributed by atoms with van der Waals surface area (Å²) >= 11 is 0. The fourth-order valence-electron chi connectivity index (χ4n) is 1.48. The minimum Gasteiger partial charge on any atom is -0.327 e. The van der Waals surface area contributed by atoms with Crippen LogP contribution in [0.5, 0.6) is 0 Å². The van der Waals surface area contributed by atoms with Crippen molar-refractivity contribution in [3.05, 3.63) is 23.8 Å². The fourth-order valence-corrected chi connectivity index (χ4v) is 1.48. The van der Waals surface area contributed by atoms with E-state index in [0.717, 1.165) is 6.42 Å². The molecule has 0 radical (unpaired) electrons. The molecule has 68 valence electrons. The van der Waals surface area contributed by atoms with E-state index < -0.39 is 0 Å². The van der Waals surface area contributed by atoms with Crippen LogP contribution in [0.2, 0.25) is 0 Å². The second kappa shape index (κ2) is 3.90. The van der Waals surface area contributed by atoms with Gasteiger partial charge in [0.2, 0.25) is 0 Å². The van der Waals surface area contributed by atoms with Crippen LogP contribution in [0.15, 0.2) is 23.8 Å². The molecule has 0 bridgehead atoms. The lowest BCUT2D eigenvalue weighted by atomic mass is 9.87. The third-order valence-electron chi connectivity index (χ3n) is 2.47. The molecule has 0 aromatic carbocycles. The lowest BCUT2D eigenvalue weighted by Gasteiger charge is -2.21. The Kier molecular flexibility index (Phi) is 3.10. The summed E-state index contributed by atoms with van der Waals surface area (Å²) in [7, 11) is 0. The number of hydrogen-bond donors (Lipinski definition) is 1. The van der Waals surface area contributed by atoms with E-state index in [-0.39, 0.29) is 6.04 Å². The van der Waals surface area contributed by atoms with Crippen LogP contribution >= 0.6 is 0 Å². The molecule has 1 aliphatic rings. The first-order valence-electron chi connectivity index (χ1n) is 4.75. The topological polar surface area (TPSA) is 26.0 Å². The zero-order chi connectivity index (χ0) is 9.14. The van der Waals surface area contributed by atoms with Gasteiger partial charge in [-0.15, -0.1) is 0 Å². The van der Waals surface area contributed by atoms with Gasteiger partial charge >= 0.3 is 0 Å². The minimum atomic E-state index is 0.281. The summed E-state index contributed by atoms with van der Waals surface area (Å²) in [5, 5.41) is 0. The highest BCUT2D eigenvalue weighted by Crippen LogP contribution is 2.23. The molecule has 0 fully saturated rings. The molecule has 1 heteroatoms. The summed E-state index contributed by atoms with van der Waals surface area (Å²) in [4.78, 5) is 0. The zero-order valence-electron chi connectivity index (χ0n) is 8.25. The Morgan fingerprint density at radius 1 is 1.42 bits per heavy atom. The Hall–Kier alpha value is -0.560. The number of hydrogen-bond acceptors (Lipinski definition) is 1. The molecule has 0 saturated carbocycles. The molecule has 12 heavy (non-hydrogen) atoms.